The largest absolute Gasteiger partial charge is 0.467 e. The molecule has 0 aliphatic heterocycles. The maximum atomic E-state index is 14.6. The summed E-state index contributed by atoms with van der Waals surface area (Å²) in [5.41, 5.74) is 6.40. The Labute approximate surface area is 291 Å². The molecule has 4 amide bonds. The van der Waals surface area contributed by atoms with Crippen LogP contribution in [0.4, 0.5) is 4.79 Å². The molecule has 12 nitrogen and oxygen atoms in total. The number of esters is 1. The second kappa shape index (κ2) is 17.2. The molecule has 1 aromatic rings. The molecular weight excluding hydrogens is 628 g/mol. The molecular formula is C37H58N4O8. The van der Waals surface area contributed by atoms with E-state index >= 15 is 0 Å². The molecule has 12 heteroatoms. The van der Waals surface area contributed by atoms with Gasteiger partial charge < -0.3 is 30.9 Å². The number of nitrogens with one attached hydrogen (secondary N) is 2. The van der Waals surface area contributed by atoms with Crippen molar-refractivity contribution >= 4 is 29.8 Å². The predicted molar refractivity (Wildman–Crippen MR) is 187 cm³/mol. The first-order valence-electron chi connectivity index (χ1n) is 17.1. The third-order valence-corrected chi connectivity index (χ3v) is 9.23. The van der Waals surface area contributed by atoms with E-state index in [2.05, 4.69) is 10.6 Å². The summed E-state index contributed by atoms with van der Waals surface area (Å²) in [5.74, 6) is -4.96. The first-order chi connectivity index (χ1) is 22.6. The number of aliphatic hydroxyl groups is 1. The molecule has 49 heavy (non-hydrogen) atoms. The molecule has 274 valence electrons. The fourth-order valence-electron chi connectivity index (χ4n) is 6.48. The second-order valence-corrected chi connectivity index (χ2v) is 14.8. The highest BCUT2D eigenvalue weighted by molar-refractivity contribution is 6.03. The third-order valence-electron chi connectivity index (χ3n) is 9.23. The molecule has 7 atom stereocenters. The number of alkyl carbamates (subject to hydrolysis) is 1. The lowest BCUT2D eigenvalue weighted by Crippen LogP contribution is -2.68. The van der Waals surface area contributed by atoms with Gasteiger partial charge in [-0.15, -0.1) is 0 Å². The fraction of sp³-hybridized carbons (Fsp3) is 0.649. The molecule has 0 fully saturated rings. The van der Waals surface area contributed by atoms with E-state index in [-0.39, 0.29) is 6.42 Å². The van der Waals surface area contributed by atoms with Crippen LogP contribution in [0.25, 0.3) is 0 Å². The van der Waals surface area contributed by atoms with Gasteiger partial charge in [0.25, 0.3) is 5.91 Å². The number of rotatable bonds is 12. The van der Waals surface area contributed by atoms with Gasteiger partial charge in [0.15, 0.2) is 0 Å². The van der Waals surface area contributed by atoms with Gasteiger partial charge in [-0.25, -0.2) is 9.59 Å². The Morgan fingerprint density at radius 3 is 2.08 bits per heavy atom. The third kappa shape index (κ3) is 10.6. The quantitative estimate of drug-likeness (QED) is 0.188. The van der Waals surface area contributed by atoms with E-state index in [0.29, 0.717) is 12.8 Å². The maximum absolute atomic E-state index is 14.6. The van der Waals surface area contributed by atoms with E-state index < -0.39 is 88.8 Å². The number of amides is 4. The van der Waals surface area contributed by atoms with Crippen molar-refractivity contribution in [1.29, 1.82) is 0 Å². The number of imide groups is 1. The van der Waals surface area contributed by atoms with Crippen LogP contribution in [-0.2, 0) is 35.1 Å². The summed E-state index contributed by atoms with van der Waals surface area (Å²) >= 11 is 0. The topological polar surface area (TPSA) is 177 Å². The average Bonchev–Trinajstić information content (AvgIpc) is 3.16. The Bertz CT molecular complexity index is 1360. The number of carbonyl (C=O) groups is 5. The zero-order valence-electron chi connectivity index (χ0n) is 31.0. The minimum atomic E-state index is -1.76. The summed E-state index contributed by atoms with van der Waals surface area (Å²) in [5, 5.41) is 17.7. The van der Waals surface area contributed by atoms with Crippen LogP contribution >= 0.6 is 0 Å². The van der Waals surface area contributed by atoms with Crippen LogP contribution in [0, 0.1) is 23.7 Å². The van der Waals surface area contributed by atoms with Gasteiger partial charge in [0.05, 0.1) is 13.2 Å². The van der Waals surface area contributed by atoms with Crippen molar-refractivity contribution in [3.63, 3.8) is 0 Å². The number of ether oxygens (including phenoxy) is 2. The lowest BCUT2D eigenvalue weighted by molar-refractivity contribution is -0.166. The molecule has 2 rings (SSSR count). The van der Waals surface area contributed by atoms with Crippen LogP contribution in [0.2, 0.25) is 0 Å². The minimum Gasteiger partial charge on any atom is -0.467 e. The molecule has 0 heterocycles. The fourth-order valence-corrected chi connectivity index (χ4v) is 6.48. The Morgan fingerprint density at radius 2 is 1.59 bits per heavy atom. The van der Waals surface area contributed by atoms with Gasteiger partial charge in [-0.05, 0) is 71.3 Å². The van der Waals surface area contributed by atoms with Crippen LogP contribution < -0.4 is 16.4 Å². The van der Waals surface area contributed by atoms with E-state index in [1.165, 1.54) is 14.0 Å². The lowest BCUT2D eigenvalue weighted by Gasteiger charge is -2.46. The van der Waals surface area contributed by atoms with Gasteiger partial charge in [0.1, 0.15) is 23.2 Å². The molecule has 5 N–H and O–H groups in total. The predicted octanol–water partition coefficient (Wildman–Crippen LogP) is 3.89. The summed E-state index contributed by atoms with van der Waals surface area (Å²) in [4.78, 5) is 66.9. The number of hydrogen-bond donors (Lipinski definition) is 4. The zero-order chi connectivity index (χ0) is 37.4. The Morgan fingerprint density at radius 1 is 1.00 bits per heavy atom. The molecule has 1 aliphatic carbocycles. The molecule has 0 spiro atoms. The van der Waals surface area contributed by atoms with Gasteiger partial charge in [-0.2, -0.15) is 0 Å². The molecule has 3 unspecified atom stereocenters. The Kier molecular flexibility index (Phi) is 14.6. The van der Waals surface area contributed by atoms with E-state index in [0.717, 1.165) is 16.0 Å². The molecule has 0 bridgehead atoms. The van der Waals surface area contributed by atoms with Gasteiger partial charge in [0.2, 0.25) is 11.8 Å². The number of nitrogens with zero attached hydrogens (tertiary/aromatic N) is 1. The zero-order valence-corrected chi connectivity index (χ0v) is 31.0. The van der Waals surface area contributed by atoms with E-state index in [1.54, 1.807) is 55.4 Å². The Hall–Kier alpha value is -3.77. The van der Waals surface area contributed by atoms with Crippen molar-refractivity contribution < 1.29 is 38.6 Å². The van der Waals surface area contributed by atoms with Gasteiger partial charge in [-0.3, -0.25) is 19.3 Å². The normalized spacial score (nSPS) is 21.3. The molecule has 0 aromatic heterocycles. The summed E-state index contributed by atoms with van der Waals surface area (Å²) < 4.78 is 10.3. The van der Waals surface area contributed by atoms with Crippen molar-refractivity contribution in [3.05, 3.63) is 47.5 Å². The van der Waals surface area contributed by atoms with Crippen LogP contribution in [0.15, 0.2) is 42.0 Å². The highest BCUT2D eigenvalue weighted by Crippen LogP contribution is 2.40. The summed E-state index contributed by atoms with van der Waals surface area (Å²) in [6, 6.07) is 6.98. The van der Waals surface area contributed by atoms with Crippen molar-refractivity contribution in [2.75, 3.05) is 7.11 Å². The summed E-state index contributed by atoms with van der Waals surface area (Å²) in [7, 11) is 1.20. The first-order valence-corrected chi connectivity index (χ1v) is 17.1. The average molecular weight is 687 g/mol. The van der Waals surface area contributed by atoms with Crippen molar-refractivity contribution in [3.8, 4) is 0 Å². The number of methoxy groups -OCH3 is 1. The number of nitrogens with two attached hydrogens (primary N) is 1. The molecule has 1 aliphatic rings. The number of carbonyl (C=O) groups excluding carboxylic acids is 5. The van der Waals surface area contributed by atoms with E-state index in [9.17, 15) is 29.1 Å². The highest BCUT2D eigenvalue weighted by Gasteiger charge is 2.54. The molecule has 0 radical (unpaired) electrons. The monoisotopic (exact) mass is 686 g/mol. The standard InChI is InChI=1S/C37H58N4O8/c1-21(2)30(33(45)48-11)41(25(7)42)34(46)37(38,22(3)4)29-18-17-27(20-28(31(29)43)19-26-15-13-12-14-16-26)23(5)39-32(44)24(6)40-35(47)49-36(8,9)10/h12-16,20-24,28-31,43H,17-19,38H2,1-11H3,(H,39,44)(H,40,47)/t23-,24-,28?,29?,30-,31?,37+/m0/s1. The SMILES string of the molecule is COC(=O)[C@H](C(C)C)N(C(C)=O)C(=O)[C@@](N)(C(C)C)C1CCC([C@H](C)NC(=O)[C@H](C)NC(=O)OC(C)(C)C)=CC(Cc2ccccc2)C1O. The smallest absolute Gasteiger partial charge is 0.408 e. The Balaban J connectivity index is 2.53. The number of aliphatic hydroxyl groups excluding tert-OH is 1. The molecule has 1 aromatic carbocycles. The van der Waals surface area contributed by atoms with Crippen LogP contribution in [0.3, 0.4) is 0 Å². The highest BCUT2D eigenvalue weighted by atomic mass is 16.6. The molecule has 0 saturated carbocycles. The first kappa shape index (κ1) is 41.4. The van der Waals surface area contributed by atoms with Gasteiger partial charge in [0, 0.05) is 24.8 Å². The van der Waals surface area contributed by atoms with Crippen LogP contribution in [0.5, 0.6) is 0 Å². The minimum absolute atomic E-state index is 0.251. The van der Waals surface area contributed by atoms with Crippen molar-refractivity contribution in [2.24, 2.45) is 29.4 Å². The number of hydrogen-bond acceptors (Lipinski definition) is 9. The second-order valence-electron chi connectivity index (χ2n) is 14.8. The number of benzene rings is 1. The summed E-state index contributed by atoms with van der Waals surface area (Å²) in [6.45, 7) is 16.7. The van der Waals surface area contributed by atoms with Crippen molar-refractivity contribution in [2.45, 2.75) is 124 Å². The maximum Gasteiger partial charge on any atom is 0.408 e. The van der Waals surface area contributed by atoms with Gasteiger partial charge >= 0.3 is 12.1 Å². The lowest BCUT2D eigenvalue weighted by atomic mass is 9.68. The van der Waals surface area contributed by atoms with Crippen molar-refractivity contribution in [1.82, 2.24) is 15.5 Å². The summed E-state index contributed by atoms with van der Waals surface area (Å²) in [6.07, 6.45) is 1.12. The van der Waals surface area contributed by atoms with E-state index in [4.69, 9.17) is 15.2 Å². The van der Waals surface area contributed by atoms with Crippen LogP contribution in [0.1, 0.15) is 87.6 Å². The van der Waals surface area contributed by atoms with Gasteiger partial charge in [-0.1, -0.05) is 69.7 Å². The molecule has 0 saturated heterocycles. The van der Waals surface area contributed by atoms with E-state index in [1.807, 2.05) is 43.3 Å². The van der Waals surface area contributed by atoms with Crippen LogP contribution in [-0.4, -0.2) is 82.3 Å².